The monoisotopic (exact) mass is 534 g/mol. The van der Waals surface area contributed by atoms with Gasteiger partial charge in [0.25, 0.3) is 5.91 Å². The highest BCUT2D eigenvalue weighted by Crippen LogP contribution is 2.34. The molecular formula is C23H20FIN2O4. The number of methoxy groups -OCH3 is 1. The van der Waals surface area contributed by atoms with Crippen molar-refractivity contribution in [3.63, 3.8) is 0 Å². The Hall–Kier alpha value is -3.14. The van der Waals surface area contributed by atoms with E-state index in [1.165, 1.54) is 18.3 Å². The van der Waals surface area contributed by atoms with Gasteiger partial charge in [-0.1, -0.05) is 35.5 Å². The molecule has 3 aromatic rings. The molecule has 8 heteroatoms. The Bertz CT molecular complexity index is 1040. The fourth-order valence-corrected chi connectivity index (χ4v) is 3.38. The number of carbonyl (C=O) groups excluding carboxylic acids is 1. The summed E-state index contributed by atoms with van der Waals surface area (Å²) in [6.45, 7) is 0.0677. The van der Waals surface area contributed by atoms with E-state index in [0.29, 0.717) is 17.2 Å². The summed E-state index contributed by atoms with van der Waals surface area (Å²) < 4.78 is 25.1. The van der Waals surface area contributed by atoms with Crippen molar-refractivity contribution in [3.05, 3.63) is 87.2 Å². The van der Waals surface area contributed by atoms with Gasteiger partial charge in [0.05, 0.1) is 16.9 Å². The van der Waals surface area contributed by atoms with Crippen molar-refractivity contribution in [1.29, 1.82) is 0 Å². The fourth-order valence-electron chi connectivity index (χ4n) is 2.60. The number of amides is 1. The van der Waals surface area contributed by atoms with Gasteiger partial charge in [-0.2, -0.15) is 0 Å². The molecule has 0 saturated heterocycles. The van der Waals surface area contributed by atoms with Crippen molar-refractivity contribution < 1.29 is 23.5 Å². The molecule has 0 heterocycles. The second kappa shape index (κ2) is 11.3. The molecular weight excluding hydrogens is 514 g/mol. The zero-order valence-electron chi connectivity index (χ0n) is 16.7. The first kappa shape index (κ1) is 22.5. The van der Waals surface area contributed by atoms with Crippen LogP contribution in [0.1, 0.15) is 11.1 Å². The van der Waals surface area contributed by atoms with Gasteiger partial charge in [0, 0.05) is 11.3 Å². The van der Waals surface area contributed by atoms with E-state index in [0.717, 1.165) is 14.7 Å². The predicted molar refractivity (Wildman–Crippen MR) is 125 cm³/mol. The van der Waals surface area contributed by atoms with E-state index in [9.17, 15) is 9.18 Å². The van der Waals surface area contributed by atoms with Gasteiger partial charge >= 0.3 is 0 Å². The van der Waals surface area contributed by atoms with Crippen LogP contribution in [0.2, 0.25) is 0 Å². The maximum Gasteiger partial charge on any atom is 0.265 e. The Kier molecular flexibility index (Phi) is 8.22. The number of nitrogens with one attached hydrogen (secondary N) is 1. The van der Waals surface area contributed by atoms with Crippen LogP contribution in [0.25, 0.3) is 0 Å². The van der Waals surface area contributed by atoms with Crippen LogP contribution in [0.5, 0.6) is 11.5 Å². The molecule has 0 radical (unpaired) electrons. The molecule has 0 aliphatic rings. The molecule has 0 aromatic heterocycles. The quantitative estimate of drug-likeness (QED) is 0.238. The Morgan fingerprint density at radius 1 is 1.13 bits per heavy atom. The summed E-state index contributed by atoms with van der Waals surface area (Å²) in [4.78, 5) is 16.9. The first-order valence-corrected chi connectivity index (χ1v) is 10.4. The highest BCUT2D eigenvalue weighted by Gasteiger charge is 2.12. The Labute approximate surface area is 193 Å². The van der Waals surface area contributed by atoms with Crippen LogP contribution in [-0.4, -0.2) is 25.8 Å². The molecule has 160 valence electrons. The van der Waals surface area contributed by atoms with E-state index in [2.05, 4.69) is 33.1 Å². The van der Waals surface area contributed by atoms with Crippen LogP contribution in [0.4, 0.5) is 10.1 Å². The van der Waals surface area contributed by atoms with Gasteiger partial charge in [0.15, 0.2) is 18.1 Å². The molecule has 1 amide bonds. The number of hydrogen-bond acceptors (Lipinski definition) is 5. The number of hydrogen-bond donors (Lipinski definition) is 1. The molecule has 3 rings (SSSR count). The Balaban J connectivity index is 1.57. The minimum absolute atomic E-state index is 0.210. The summed E-state index contributed by atoms with van der Waals surface area (Å²) in [5.74, 6) is 0.504. The number of carbonyl (C=O) groups is 1. The number of nitrogens with zero attached hydrogens (tertiary/aromatic N) is 1. The van der Waals surface area contributed by atoms with Crippen LogP contribution in [0.15, 0.2) is 71.9 Å². The number of para-hydroxylation sites is 1. The van der Waals surface area contributed by atoms with E-state index in [4.69, 9.17) is 14.3 Å². The molecule has 3 aromatic carbocycles. The average Bonchev–Trinajstić information content (AvgIpc) is 2.77. The fraction of sp³-hybridized carbons (Fsp3) is 0.130. The van der Waals surface area contributed by atoms with E-state index >= 15 is 0 Å². The topological polar surface area (TPSA) is 69.2 Å². The molecule has 0 fully saturated rings. The smallest absolute Gasteiger partial charge is 0.265 e. The van der Waals surface area contributed by atoms with Crippen molar-refractivity contribution in [3.8, 4) is 11.5 Å². The number of halogens is 2. The minimum atomic E-state index is -0.306. The highest BCUT2D eigenvalue weighted by molar-refractivity contribution is 14.1. The van der Waals surface area contributed by atoms with Crippen LogP contribution < -0.4 is 14.8 Å². The lowest BCUT2D eigenvalue weighted by atomic mass is 10.2. The first-order valence-electron chi connectivity index (χ1n) is 9.30. The third kappa shape index (κ3) is 6.95. The van der Waals surface area contributed by atoms with E-state index < -0.39 is 0 Å². The summed E-state index contributed by atoms with van der Waals surface area (Å²) in [5.41, 5.74) is 2.25. The van der Waals surface area contributed by atoms with Crippen LogP contribution >= 0.6 is 22.6 Å². The summed E-state index contributed by atoms with van der Waals surface area (Å²) >= 11 is 2.14. The third-order valence-corrected chi connectivity index (χ3v) is 4.88. The molecule has 0 saturated carbocycles. The molecule has 0 aliphatic heterocycles. The zero-order chi connectivity index (χ0) is 22.1. The molecule has 0 bridgehead atoms. The van der Waals surface area contributed by atoms with Crippen molar-refractivity contribution >= 4 is 40.4 Å². The molecule has 0 aliphatic carbocycles. The number of rotatable bonds is 9. The van der Waals surface area contributed by atoms with Gasteiger partial charge in [-0.3, -0.25) is 4.79 Å². The summed E-state index contributed by atoms with van der Waals surface area (Å²) in [7, 11) is 1.54. The molecule has 1 N–H and O–H groups in total. The first-order chi connectivity index (χ1) is 15.0. The lowest BCUT2D eigenvalue weighted by molar-refractivity contribution is -0.120. The van der Waals surface area contributed by atoms with Gasteiger partial charge in [-0.15, -0.1) is 0 Å². The molecule has 6 nitrogen and oxygen atoms in total. The van der Waals surface area contributed by atoms with Crippen LogP contribution in [0, 0.1) is 9.39 Å². The molecule has 31 heavy (non-hydrogen) atoms. The predicted octanol–water partition coefficient (Wildman–Crippen LogP) is 5.01. The summed E-state index contributed by atoms with van der Waals surface area (Å²) in [6, 6.07) is 18.8. The Morgan fingerprint density at radius 3 is 2.58 bits per heavy atom. The normalized spacial score (nSPS) is 10.7. The van der Waals surface area contributed by atoms with E-state index in [1.54, 1.807) is 37.4 Å². The second-order valence-corrected chi connectivity index (χ2v) is 7.53. The lowest BCUT2D eigenvalue weighted by Crippen LogP contribution is -2.16. The van der Waals surface area contributed by atoms with Gasteiger partial charge in [-0.05, 0) is 64.6 Å². The van der Waals surface area contributed by atoms with Crippen molar-refractivity contribution in [2.24, 2.45) is 5.16 Å². The number of anilines is 1. The SMILES string of the molecule is COc1cc(/C=N/OCC(=O)Nc2ccccc2)cc(I)c1OCc1ccc(F)cc1. The highest BCUT2D eigenvalue weighted by atomic mass is 127. The van der Waals surface area contributed by atoms with Gasteiger partial charge in [0.2, 0.25) is 0 Å². The van der Waals surface area contributed by atoms with Crippen LogP contribution in [0.3, 0.4) is 0 Å². The van der Waals surface area contributed by atoms with Gasteiger partial charge in [0.1, 0.15) is 12.4 Å². The summed E-state index contributed by atoms with van der Waals surface area (Å²) in [5, 5.41) is 6.56. The number of oxime groups is 1. The van der Waals surface area contributed by atoms with Crippen LogP contribution in [-0.2, 0) is 16.2 Å². The lowest BCUT2D eigenvalue weighted by Gasteiger charge is -2.13. The molecule has 0 spiro atoms. The second-order valence-electron chi connectivity index (χ2n) is 6.37. The third-order valence-electron chi connectivity index (χ3n) is 4.08. The minimum Gasteiger partial charge on any atom is -0.493 e. The molecule has 0 atom stereocenters. The van der Waals surface area contributed by atoms with E-state index in [-0.39, 0.29) is 24.9 Å². The average molecular weight is 534 g/mol. The number of benzene rings is 3. The number of ether oxygens (including phenoxy) is 2. The molecule has 0 unspecified atom stereocenters. The van der Waals surface area contributed by atoms with Crippen molar-refractivity contribution in [2.75, 3.05) is 19.0 Å². The van der Waals surface area contributed by atoms with Crippen molar-refractivity contribution in [1.82, 2.24) is 0 Å². The zero-order valence-corrected chi connectivity index (χ0v) is 18.8. The largest absolute Gasteiger partial charge is 0.493 e. The van der Waals surface area contributed by atoms with Crippen molar-refractivity contribution in [2.45, 2.75) is 6.61 Å². The maximum atomic E-state index is 13.0. The Morgan fingerprint density at radius 2 is 1.87 bits per heavy atom. The van der Waals surface area contributed by atoms with Gasteiger partial charge < -0.3 is 19.6 Å². The maximum absolute atomic E-state index is 13.0. The van der Waals surface area contributed by atoms with Gasteiger partial charge in [-0.25, -0.2) is 4.39 Å². The summed E-state index contributed by atoms with van der Waals surface area (Å²) in [6.07, 6.45) is 1.49. The van der Waals surface area contributed by atoms with E-state index in [1.807, 2.05) is 24.3 Å². The standard InChI is InChI=1S/C23H20FIN2O4/c1-29-21-12-17(13-26-31-15-22(28)27-19-5-3-2-4-6-19)11-20(25)23(21)30-14-16-7-9-18(24)10-8-16/h2-13H,14-15H2,1H3,(H,27,28)/b26-13+.